The van der Waals surface area contributed by atoms with Gasteiger partial charge >= 0.3 is 16.4 Å². The third-order valence-electron chi connectivity index (χ3n) is 4.20. The first-order chi connectivity index (χ1) is 14.9. The Hall–Kier alpha value is -3.09. The molecule has 3 aromatic rings. The van der Waals surface area contributed by atoms with Crippen molar-refractivity contribution in [2.24, 2.45) is 0 Å². The Morgan fingerprint density at radius 3 is 2.31 bits per heavy atom. The van der Waals surface area contributed by atoms with Crippen LogP contribution < -0.4 is 10.0 Å². The first-order valence-corrected chi connectivity index (χ1v) is 10.7. The maximum atomic E-state index is 13.8. The molecule has 2 N–H and O–H groups in total. The maximum Gasteiger partial charge on any atom is 0.434 e. The van der Waals surface area contributed by atoms with Crippen LogP contribution in [-0.2, 0) is 16.4 Å². The molecular formula is C19H17ClF3N5O3S. The fourth-order valence-corrected chi connectivity index (χ4v) is 3.40. The van der Waals surface area contributed by atoms with Gasteiger partial charge in [0.05, 0.1) is 23.1 Å². The van der Waals surface area contributed by atoms with E-state index in [2.05, 4.69) is 15.1 Å². The Morgan fingerprint density at radius 2 is 1.72 bits per heavy atom. The quantitative estimate of drug-likeness (QED) is 0.549. The van der Waals surface area contributed by atoms with Crippen molar-refractivity contribution < 1.29 is 26.4 Å². The number of halogens is 4. The van der Waals surface area contributed by atoms with Gasteiger partial charge in [-0.1, -0.05) is 17.7 Å². The van der Waals surface area contributed by atoms with E-state index in [9.17, 15) is 26.4 Å². The van der Waals surface area contributed by atoms with Gasteiger partial charge in [0.2, 0.25) is 0 Å². The van der Waals surface area contributed by atoms with E-state index in [-0.39, 0.29) is 17.1 Å². The van der Waals surface area contributed by atoms with Crippen molar-refractivity contribution in [3.8, 4) is 5.69 Å². The number of carbonyl (C=O) groups is 1. The van der Waals surface area contributed by atoms with Crippen LogP contribution in [0.4, 0.5) is 24.5 Å². The van der Waals surface area contributed by atoms with Crippen LogP contribution in [0.5, 0.6) is 0 Å². The zero-order valence-electron chi connectivity index (χ0n) is 16.7. The van der Waals surface area contributed by atoms with Gasteiger partial charge in [0.1, 0.15) is 0 Å². The maximum absolute atomic E-state index is 13.8. The number of carbonyl (C=O) groups excluding carboxylic acids is 1. The zero-order chi connectivity index (χ0) is 23.7. The first kappa shape index (κ1) is 23.6. The number of aromatic nitrogens is 2. The lowest BCUT2D eigenvalue weighted by molar-refractivity contribution is -0.143. The Labute approximate surface area is 186 Å². The third-order valence-corrected chi connectivity index (χ3v) is 5.91. The molecule has 2 aromatic carbocycles. The van der Waals surface area contributed by atoms with Crippen LogP contribution in [0.1, 0.15) is 16.1 Å². The van der Waals surface area contributed by atoms with Gasteiger partial charge in [-0.3, -0.25) is 9.52 Å². The molecule has 1 amide bonds. The van der Waals surface area contributed by atoms with E-state index in [1.54, 1.807) is 0 Å². The van der Waals surface area contributed by atoms with Crippen LogP contribution >= 0.6 is 11.6 Å². The molecule has 0 saturated heterocycles. The van der Waals surface area contributed by atoms with Crippen molar-refractivity contribution in [2.45, 2.75) is 6.18 Å². The van der Waals surface area contributed by atoms with Crippen molar-refractivity contribution in [3.05, 3.63) is 71.0 Å². The number of nitrogens with one attached hydrogen (secondary N) is 2. The number of rotatable bonds is 6. The molecule has 0 aliphatic carbocycles. The summed E-state index contributed by atoms with van der Waals surface area (Å²) in [6.07, 6.45) is -4.07. The molecule has 0 aliphatic heterocycles. The first-order valence-electron chi connectivity index (χ1n) is 8.91. The van der Waals surface area contributed by atoms with Gasteiger partial charge in [-0.15, -0.1) is 0 Å². The van der Waals surface area contributed by atoms with Crippen LogP contribution in [0.25, 0.3) is 5.69 Å². The molecule has 8 nitrogen and oxygen atoms in total. The third kappa shape index (κ3) is 5.21. The average Bonchev–Trinajstić information content (AvgIpc) is 3.14. The highest BCUT2D eigenvalue weighted by Crippen LogP contribution is 2.34. The summed E-state index contributed by atoms with van der Waals surface area (Å²) in [5.41, 5.74) is -1.69. The van der Waals surface area contributed by atoms with E-state index in [0.29, 0.717) is 9.70 Å². The minimum atomic E-state index is -4.88. The molecule has 0 fully saturated rings. The highest BCUT2D eigenvalue weighted by atomic mass is 35.5. The summed E-state index contributed by atoms with van der Waals surface area (Å²) in [7, 11) is -1.16. The van der Waals surface area contributed by atoms with E-state index in [1.165, 1.54) is 62.6 Å². The summed E-state index contributed by atoms with van der Waals surface area (Å²) >= 11 is 5.78. The number of benzene rings is 2. The van der Waals surface area contributed by atoms with Crippen molar-refractivity contribution in [2.75, 3.05) is 24.1 Å². The van der Waals surface area contributed by atoms with E-state index in [0.717, 1.165) is 10.5 Å². The molecule has 0 aliphatic rings. The number of anilines is 2. The molecule has 0 atom stereocenters. The summed E-state index contributed by atoms with van der Waals surface area (Å²) in [4.78, 5) is 12.7. The molecule has 0 spiro atoms. The fourth-order valence-electron chi connectivity index (χ4n) is 2.66. The second kappa shape index (κ2) is 8.81. The molecule has 3 rings (SSSR count). The topological polar surface area (TPSA) is 96.3 Å². The van der Waals surface area contributed by atoms with E-state index in [1.807, 2.05) is 0 Å². The summed E-state index contributed by atoms with van der Waals surface area (Å²) < 4.78 is 69.1. The normalized spacial score (nSPS) is 12.1. The monoisotopic (exact) mass is 487 g/mol. The molecule has 170 valence electrons. The molecule has 0 saturated carbocycles. The molecule has 1 aromatic heterocycles. The van der Waals surface area contributed by atoms with Crippen LogP contribution in [0.15, 0.2) is 54.7 Å². The van der Waals surface area contributed by atoms with Crippen molar-refractivity contribution in [1.82, 2.24) is 14.1 Å². The predicted octanol–water partition coefficient (Wildman–Crippen LogP) is 4.02. The SMILES string of the molecule is CN(C)S(=O)(=O)Nc1cccc(NC(=O)c2cnn(-c3ccc(Cl)cc3)c2C(F)(F)F)c1. The summed E-state index contributed by atoms with van der Waals surface area (Å²) in [6.45, 7) is 0. The minimum Gasteiger partial charge on any atom is -0.322 e. The van der Waals surface area contributed by atoms with E-state index in [4.69, 9.17) is 11.6 Å². The molecule has 32 heavy (non-hydrogen) atoms. The molecule has 0 bridgehead atoms. The standard InChI is InChI=1S/C19H17ClF3N5O3S/c1-27(2)32(30,31)26-14-5-3-4-13(10-14)25-18(29)16-11-24-28(17(16)19(21,22)23)15-8-6-12(20)7-9-15/h3-11,26H,1-2H3,(H,25,29). The zero-order valence-corrected chi connectivity index (χ0v) is 18.3. The van der Waals surface area contributed by atoms with Gasteiger partial charge in [-0.25, -0.2) is 4.68 Å². The molecule has 0 unspecified atom stereocenters. The minimum absolute atomic E-state index is 0.0702. The van der Waals surface area contributed by atoms with Crippen molar-refractivity contribution in [1.29, 1.82) is 0 Å². The fraction of sp³-hybridized carbons (Fsp3) is 0.158. The second-order valence-electron chi connectivity index (χ2n) is 6.72. The van der Waals surface area contributed by atoms with E-state index < -0.39 is 33.6 Å². The van der Waals surface area contributed by atoms with Crippen LogP contribution in [0, 0.1) is 0 Å². The second-order valence-corrected chi connectivity index (χ2v) is 9.04. The predicted molar refractivity (Wildman–Crippen MR) is 114 cm³/mol. The number of amides is 1. The van der Waals surface area contributed by atoms with Crippen molar-refractivity contribution in [3.63, 3.8) is 0 Å². The Kier molecular flexibility index (Phi) is 6.49. The largest absolute Gasteiger partial charge is 0.434 e. The Bertz CT molecular complexity index is 1240. The van der Waals surface area contributed by atoms with Gasteiger partial charge < -0.3 is 5.32 Å². The lowest BCUT2D eigenvalue weighted by atomic mass is 10.2. The number of hydrogen-bond donors (Lipinski definition) is 2. The number of hydrogen-bond acceptors (Lipinski definition) is 4. The summed E-state index contributed by atoms with van der Waals surface area (Å²) in [5, 5.41) is 6.40. The van der Waals surface area contributed by atoms with Gasteiger partial charge in [0, 0.05) is 24.8 Å². The molecule has 13 heteroatoms. The number of alkyl halides is 3. The van der Waals surface area contributed by atoms with Crippen LogP contribution in [0.3, 0.4) is 0 Å². The lowest BCUT2D eigenvalue weighted by Gasteiger charge is -2.15. The van der Waals surface area contributed by atoms with Crippen LogP contribution in [0.2, 0.25) is 5.02 Å². The van der Waals surface area contributed by atoms with Gasteiger partial charge in [0.15, 0.2) is 5.69 Å². The molecular weight excluding hydrogens is 471 g/mol. The van der Waals surface area contributed by atoms with E-state index >= 15 is 0 Å². The highest BCUT2D eigenvalue weighted by Gasteiger charge is 2.40. The van der Waals surface area contributed by atoms with Gasteiger partial charge in [-0.2, -0.15) is 31.0 Å². The molecule has 0 radical (unpaired) electrons. The lowest BCUT2D eigenvalue weighted by Crippen LogP contribution is -2.28. The summed E-state index contributed by atoms with van der Waals surface area (Å²) in [5.74, 6) is -1.06. The molecule has 1 heterocycles. The highest BCUT2D eigenvalue weighted by molar-refractivity contribution is 7.90. The van der Waals surface area contributed by atoms with Gasteiger partial charge in [0.25, 0.3) is 5.91 Å². The number of nitrogens with zero attached hydrogens (tertiary/aromatic N) is 3. The summed E-state index contributed by atoms with van der Waals surface area (Å²) in [6, 6.07) is 11.0. The Balaban J connectivity index is 1.92. The van der Waals surface area contributed by atoms with Crippen molar-refractivity contribution >= 4 is 39.1 Å². The smallest absolute Gasteiger partial charge is 0.322 e. The van der Waals surface area contributed by atoms with Gasteiger partial charge in [-0.05, 0) is 42.5 Å². The van der Waals surface area contributed by atoms with Crippen LogP contribution in [-0.4, -0.2) is 42.5 Å². The average molecular weight is 488 g/mol. The Morgan fingerprint density at radius 1 is 1.09 bits per heavy atom.